The predicted octanol–water partition coefficient (Wildman–Crippen LogP) is 13.2. The largest absolute Gasteiger partial charge is 0.344 e. The molecular formula is C50H42N4. The lowest BCUT2D eigenvalue weighted by Gasteiger charge is -2.29. The van der Waals surface area contributed by atoms with E-state index in [1.54, 1.807) is 0 Å². The average molecular weight is 699 g/mol. The van der Waals surface area contributed by atoms with Crippen molar-refractivity contribution in [2.75, 3.05) is 9.80 Å². The van der Waals surface area contributed by atoms with Crippen LogP contribution >= 0.6 is 0 Å². The minimum atomic E-state index is 0.326. The second kappa shape index (κ2) is 10.4. The highest BCUT2D eigenvalue weighted by Gasteiger charge is 2.39. The molecule has 2 aliphatic rings. The maximum absolute atomic E-state index is 2.65. The van der Waals surface area contributed by atoms with Gasteiger partial charge in [0.05, 0.1) is 11.4 Å². The van der Waals surface area contributed by atoms with Gasteiger partial charge >= 0.3 is 0 Å². The maximum atomic E-state index is 2.65. The molecular weight excluding hydrogens is 657 g/mol. The van der Waals surface area contributed by atoms with Crippen molar-refractivity contribution in [2.45, 2.75) is 51.6 Å². The summed E-state index contributed by atoms with van der Waals surface area (Å²) in [6, 6.07) is 47.2. The fraction of sp³-hybridized carbons (Fsp3) is 0.200. The first-order valence-electron chi connectivity index (χ1n) is 19.6. The van der Waals surface area contributed by atoms with Crippen molar-refractivity contribution in [1.29, 1.82) is 0 Å². The molecule has 0 spiro atoms. The van der Waals surface area contributed by atoms with Crippen molar-refractivity contribution in [3.63, 3.8) is 0 Å². The van der Waals surface area contributed by atoms with Gasteiger partial charge in [0, 0.05) is 104 Å². The summed E-state index contributed by atoms with van der Waals surface area (Å²) in [5.74, 6) is 0.797. The van der Waals surface area contributed by atoms with Gasteiger partial charge in [-0.05, 0) is 107 Å². The Balaban J connectivity index is 1.10. The molecule has 0 saturated carbocycles. The van der Waals surface area contributed by atoms with E-state index in [1.807, 2.05) is 0 Å². The summed E-state index contributed by atoms with van der Waals surface area (Å²) < 4.78 is 4.66. The third-order valence-electron chi connectivity index (χ3n) is 14.0. The summed E-state index contributed by atoms with van der Waals surface area (Å²) in [4.78, 5) is 5.29. The van der Waals surface area contributed by atoms with E-state index in [9.17, 15) is 0 Å². The number of aromatic nitrogens is 2. The Labute approximate surface area is 314 Å². The molecule has 2 aliphatic heterocycles. The van der Waals surface area contributed by atoms with Crippen molar-refractivity contribution in [2.24, 2.45) is 14.1 Å². The van der Waals surface area contributed by atoms with Gasteiger partial charge in [0.25, 0.3) is 0 Å². The third-order valence-corrected chi connectivity index (χ3v) is 14.0. The van der Waals surface area contributed by atoms with Crippen LogP contribution in [0.25, 0.3) is 75.9 Å². The Bertz CT molecular complexity index is 3020. The summed E-state index contributed by atoms with van der Waals surface area (Å²) >= 11 is 0. The van der Waals surface area contributed by atoms with Gasteiger partial charge in [-0.2, -0.15) is 0 Å². The van der Waals surface area contributed by atoms with E-state index >= 15 is 0 Å². The normalized spacial score (nSPS) is 20.0. The van der Waals surface area contributed by atoms with Gasteiger partial charge in [0.15, 0.2) is 0 Å². The number of aryl methyl sites for hydroxylation is 2. The van der Waals surface area contributed by atoms with Crippen LogP contribution in [0.4, 0.5) is 22.7 Å². The standard InChI is InChI=1S/C50H42N4/c1-27-29(3)53(33-17-21-45-41(25-33)35-11-7-9-13-43(35)51(45)5)49-37-19-16-32-24-40-28(2)30(4)54(50(40)38-20-15-31(23-39(27)49)47(37)48(32)38)34-18-22-46-42(26-34)36-12-8-10-14-44(36)52(46)6/h7-30H,1-6H3. The highest BCUT2D eigenvalue weighted by Crippen LogP contribution is 2.56. The molecule has 4 unspecified atom stereocenters. The molecule has 0 aliphatic carbocycles. The number of anilines is 4. The zero-order valence-corrected chi connectivity index (χ0v) is 31.6. The van der Waals surface area contributed by atoms with Gasteiger partial charge in [-0.3, -0.25) is 0 Å². The number of fused-ring (bicyclic) bond motifs is 10. The molecule has 0 saturated heterocycles. The fourth-order valence-electron chi connectivity index (χ4n) is 10.9. The summed E-state index contributed by atoms with van der Waals surface area (Å²) in [6.07, 6.45) is 0. The van der Waals surface area contributed by atoms with E-state index in [0.717, 1.165) is 0 Å². The van der Waals surface area contributed by atoms with Crippen LogP contribution in [0.15, 0.2) is 121 Å². The Hall–Kier alpha value is -6.00. The molecule has 8 aromatic carbocycles. The van der Waals surface area contributed by atoms with Crippen LogP contribution in [-0.2, 0) is 14.1 Å². The van der Waals surface area contributed by atoms with Gasteiger partial charge in [-0.1, -0.05) is 74.5 Å². The molecule has 0 fully saturated rings. The van der Waals surface area contributed by atoms with E-state index in [1.165, 1.54) is 110 Å². The van der Waals surface area contributed by atoms with E-state index in [4.69, 9.17) is 0 Å². The van der Waals surface area contributed by atoms with Crippen molar-refractivity contribution < 1.29 is 0 Å². The highest BCUT2D eigenvalue weighted by atomic mass is 15.2. The molecule has 4 heteroatoms. The molecule has 0 radical (unpaired) electrons. The molecule has 2 aromatic heterocycles. The highest BCUT2D eigenvalue weighted by molar-refractivity contribution is 6.29. The van der Waals surface area contributed by atoms with Crippen molar-refractivity contribution >= 4 is 98.7 Å². The number of benzene rings is 8. The van der Waals surface area contributed by atoms with E-state index in [2.05, 4.69) is 182 Å². The summed E-state index contributed by atoms with van der Waals surface area (Å²) in [7, 11) is 4.37. The lowest BCUT2D eigenvalue weighted by atomic mass is 9.87. The van der Waals surface area contributed by atoms with Gasteiger partial charge < -0.3 is 18.9 Å². The van der Waals surface area contributed by atoms with Crippen molar-refractivity contribution in [3.05, 3.63) is 132 Å². The van der Waals surface area contributed by atoms with Gasteiger partial charge in [-0.15, -0.1) is 0 Å². The molecule has 10 aromatic rings. The minimum absolute atomic E-state index is 0.326. The molecule has 0 N–H and O–H groups in total. The van der Waals surface area contributed by atoms with Gasteiger partial charge in [-0.25, -0.2) is 0 Å². The van der Waals surface area contributed by atoms with Crippen LogP contribution in [0.3, 0.4) is 0 Å². The average Bonchev–Trinajstić information content (AvgIpc) is 3.84. The van der Waals surface area contributed by atoms with Crippen LogP contribution in [0.2, 0.25) is 0 Å². The first kappa shape index (κ1) is 30.5. The second-order valence-corrected chi connectivity index (χ2v) is 16.4. The second-order valence-electron chi connectivity index (χ2n) is 16.4. The number of hydrogen-bond donors (Lipinski definition) is 0. The lowest BCUT2D eigenvalue weighted by molar-refractivity contribution is 0.643. The van der Waals surface area contributed by atoms with E-state index in [0.29, 0.717) is 23.9 Å². The predicted molar refractivity (Wildman–Crippen MR) is 231 cm³/mol. The quantitative estimate of drug-likeness (QED) is 0.167. The zero-order valence-electron chi connectivity index (χ0n) is 31.6. The Morgan fingerprint density at radius 1 is 0.389 bits per heavy atom. The smallest absolute Gasteiger partial charge is 0.0529 e. The number of hydrogen-bond acceptors (Lipinski definition) is 2. The van der Waals surface area contributed by atoms with Crippen molar-refractivity contribution in [1.82, 2.24) is 9.13 Å². The maximum Gasteiger partial charge on any atom is 0.0529 e. The molecule has 0 bridgehead atoms. The SMILES string of the molecule is CC1c2cc3ccc4c5c(cc6ccc(c2N(c2ccc7c(c2)c2ccccc2n7C)C1C)c3c64)C(C)C(C)N5c1ccc2c(c1)c1ccccc1n2C. The first-order valence-corrected chi connectivity index (χ1v) is 19.6. The Morgan fingerprint density at radius 3 is 1.24 bits per heavy atom. The van der Waals surface area contributed by atoms with Crippen LogP contribution in [0.1, 0.15) is 50.7 Å². The molecule has 54 heavy (non-hydrogen) atoms. The van der Waals surface area contributed by atoms with Crippen LogP contribution in [-0.4, -0.2) is 21.2 Å². The lowest BCUT2D eigenvalue weighted by Crippen LogP contribution is -2.26. The van der Waals surface area contributed by atoms with E-state index < -0.39 is 0 Å². The summed E-state index contributed by atoms with van der Waals surface area (Å²) in [6.45, 7) is 9.65. The number of para-hydroxylation sites is 2. The van der Waals surface area contributed by atoms with Gasteiger partial charge in [0.2, 0.25) is 0 Å². The van der Waals surface area contributed by atoms with E-state index in [-0.39, 0.29) is 0 Å². The molecule has 4 nitrogen and oxygen atoms in total. The molecule has 4 heterocycles. The van der Waals surface area contributed by atoms with Crippen LogP contribution in [0, 0.1) is 0 Å². The molecule has 262 valence electrons. The number of nitrogens with zero attached hydrogens (tertiary/aromatic N) is 4. The van der Waals surface area contributed by atoms with Gasteiger partial charge in [0.1, 0.15) is 0 Å². The summed E-state index contributed by atoms with van der Waals surface area (Å²) in [5.41, 5.74) is 13.3. The van der Waals surface area contributed by atoms with Crippen LogP contribution < -0.4 is 9.80 Å². The van der Waals surface area contributed by atoms with Crippen LogP contribution in [0.5, 0.6) is 0 Å². The molecule has 0 amide bonds. The third kappa shape index (κ3) is 3.64. The van der Waals surface area contributed by atoms with Crippen molar-refractivity contribution in [3.8, 4) is 0 Å². The first-order chi connectivity index (χ1) is 26.3. The molecule has 12 rings (SSSR count). The molecule has 4 atom stereocenters. The topological polar surface area (TPSA) is 16.3 Å². The summed E-state index contributed by atoms with van der Waals surface area (Å²) in [5, 5.41) is 13.4. The Kier molecular flexibility index (Phi) is 5.84. The minimum Gasteiger partial charge on any atom is -0.344 e. The Morgan fingerprint density at radius 2 is 0.796 bits per heavy atom. The zero-order chi connectivity index (χ0) is 36.3. The monoisotopic (exact) mass is 698 g/mol. The number of rotatable bonds is 2. The fourth-order valence-corrected chi connectivity index (χ4v) is 10.9.